The molecule has 3 aromatic rings. The summed E-state index contributed by atoms with van der Waals surface area (Å²) in [6, 6.07) is 20.1. The number of carbonyl (C=O) groups excluding carboxylic acids is 2. The van der Waals surface area contributed by atoms with E-state index in [4.69, 9.17) is 0 Å². The van der Waals surface area contributed by atoms with Crippen LogP contribution in [0.2, 0.25) is 0 Å². The summed E-state index contributed by atoms with van der Waals surface area (Å²) < 4.78 is 0. The van der Waals surface area contributed by atoms with Crippen molar-refractivity contribution in [1.29, 1.82) is 0 Å². The van der Waals surface area contributed by atoms with Crippen LogP contribution in [0.3, 0.4) is 0 Å². The first kappa shape index (κ1) is 22.0. The van der Waals surface area contributed by atoms with Crippen LogP contribution in [0.5, 0.6) is 0 Å². The third kappa shape index (κ3) is 3.87. The zero-order chi connectivity index (χ0) is 23.0. The number of hydrogen-bond donors (Lipinski definition) is 1. The van der Waals surface area contributed by atoms with Gasteiger partial charge in [0.2, 0.25) is 0 Å². The van der Waals surface area contributed by atoms with Crippen molar-refractivity contribution in [3.63, 3.8) is 0 Å². The molecule has 0 bridgehead atoms. The summed E-state index contributed by atoms with van der Waals surface area (Å²) in [4.78, 5) is 28.7. The second-order valence-electron chi connectivity index (χ2n) is 9.45. The Morgan fingerprint density at radius 3 is 2.06 bits per heavy atom. The standard InChI is InChI=1S/C28H29NO3/c1-18-17-22(28(2,3)4)21-15-16-23(30)29(27(32)20-13-9-6-10-14-20)25(21)24(18)26(31)19-11-7-5-8-12-19/h5-14,17,23,30H,15-16H2,1-4H3. The van der Waals surface area contributed by atoms with Crippen molar-refractivity contribution in [3.8, 4) is 0 Å². The first-order valence-corrected chi connectivity index (χ1v) is 11.0. The maximum absolute atomic E-state index is 13.7. The van der Waals surface area contributed by atoms with Crippen LogP contribution in [-0.4, -0.2) is 23.0 Å². The molecule has 3 aromatic carbocycles. The minimum absolute atomic E-state index is 0.139. The molecule has 0 aromatic heterocycles. The number of benzene rings is 3. The zero-order valence-electron chi connectivity index (χ0n) is 19.1. The molecule has 164 valence electrons. The van der Waals surface area contributed by atoms with E-state index in [1.54, 1.807) is 36.4 Å². The molecule has 0 radical (unpaired) electrons. The van der Waals surface area contributed by atoms with Crippen LogP contribution >= 0.6 is 0 Å². The van der Waals surface area contributed by atoms with E-state index < -0.39 is 6.23 Å². The summed E-state index contributed by atoms with van der Waals surface area (Å²) in [6.07, 6.45) is 0.0420. The van der Waals surface area contributed by atoms with E-state index in [1.807, 2.05) is 31.2 Å². The minimum atomic E-state index is -0.993. The molecule has 4 nitrogen and oxygen atoms in total. The molecule has 4 rings (SSSR count). The Hall–Kier alpha value is -3.24. The lowest BCUT2D eigenvalue weighted by atomic mass is 9.77. The number of nitrogens with zero attached hydrogens (tertiary/aromatic N) is 1. The summed E-state index contributed by atoms with van der Waals surface area (Å²) in [7, 11) is 0. The average molecular weight is 428 g/mol. The average Bonchev–Trinajstić information content (AvgIpc) is 2.78. The van der Waals surface area contributed by atoms with E-state index in [2.05, 4.69) is 26.8 Å². The molecule has 1 heterocycles. The monoisotopic (exact) mass is 427 g/mol. The smallest absolute Gasteiger partial charge is 0.260 e. The van der Waals surface area contributed by atoms with Gasteiger partial charge in [0.1, 0.15) is 6.23 Å². The highest BCUT2D eigenvalue weighted by molar-refractivity contribution is 6.17. The van der Waals surface area contributed by atoms with Crippen LogP contribution in [-0.2, 0) is 11.8 Å². The van der Waals surface area contributed by atoms with Gasteiger partial charge in [0, 0.05) is 16.7 Å². The Kier molecular flexibility index (Phi) is 5.74. The van der Waals surface area contributed by atoms with Crippen LogP contribution in [0, 0.1) is 6.92 Å². The SMILES string of the molecule is Cc1cc(C(C)(C)C)c2c(c1C(=O)c1ccccc1)N(C(=O)c1ccccc1)C(O)CC2. The predicted molar refractivity (Wildman–Crippen MR) is 127 cm³/mol. The van der Waals surface area contributed by atoms with Gasteiger partial charge in [0.05, 0.1) is 5.69 Å². The first-order valence-electron chi connectivity index (χ1n) is 11.0. The van der Waals surface area contributed by atoms with Crippen molar-refractivity contribution < 1.29 is 14.7 Å². The summed E-state index contributed by atoms with van der Waals surface area (Å²) in [6.45, 7) is 8.32. The van der Waals surface area contributed by atoms with E-state index >= 15 is 0 Å². The third-order valence-corrected chi connectivity index (χ3v) is 6.11. The lowest BCUT2D eigenvalue weighted by Crippen LogP contribution is -2.45. The van der Waals surface area contributed by atoms with Gasteiger partial charge in [0.15, 0.2) is 5.78 Å². The molecule has 4 heteroatoms. The number of carbonyl (C=O) groups is 2. The maximum Gasteiger partial charge on any atom is 0.260 e. The topological polar surface area (TPSA) is 57.6 Å². The molecule has 0 saturated heterocycles. The molecule has 32 heavy (non-hydrogen) atoms. The zero-order valence-corrected chi connectivity index (χ0v) is 19.1. The lowest BCUT2D eigenvalue weighted by Gasteiger charge is -2.39. The number of amides is 1. The summed E-state index contributed by atoms with van der Waals surface area (Å²) in [5.41, 5.74) is 4.79. The van der Waals surface area contributed by atoms with Gasteiger partial charge >= 0.3 is 0 Å². The minimum Gasteiger partial charge on any atom is -0.373 e. The molecule has 1 N–H and O–H groups in total. The Morgan fingerprint density at radius 1 is 0.938 bits per heavy atom. The van der Waals surface area contributed by atoms with Gasteiger partial charge in [-0.3, -0.25) is 14.5 Å². The van der Waals surface area contributed by atoms with Crippen molar-refractivity contribution in [1.82, 2.24) is 0 Å². The van der Waals surface area contributed by atoms with Crippen molar-refractivity contribution in [2.75, 3.05) is 4.90 Å². The van der Waals surface area contributed by atoms with E-state index in [1.165, 1.54) is 4.90 Å². The summed E-state index contributed by atoms with van der Waals surface area (Å²) >= 11 is 0. The Balaban J connectivity index is 2.01. The Labute approximate surface area is 189 Å². The van der Waals surface area contributed by atoms with Crippen molar-refractivity contribution in [2.45, 2.75) is 52.2 Å². The van der Waals surface area contributed by atoms with Gasteiger partial charge in [-0.25, -0.2) is 0 Å². The fourth-order valence-corrected chi connectivity index (χ4v) is 4.56. The normalized spacial score (nSPS) is 15.9. The lowest BCUT2D eigenvalue weighted by molar-refractivity contribution is 0.0863. The molecule has 0 spiro atoms. The molecule has 0 fully saturated rings. The molecule has 0 saturated carbocycles. The maximum atomic E-state index is 13.7. The van der Waals surface area contributed by atoms with Gasteiger partial charge in [0.25, 0.3) is 5.91 Å². The van der Waals surface area contributed by atoms with Gasteiger partial charge < -0.3 is 5.11 Å². The van der Waals surface area contributed by atoms with Gasteiger partial charge in [-0.05, 0) is 54.0 Å². The fourth-order valence-electron chi connectivity index (χ4n) is 4.56. The number of aliphatic hydroxyl groups is 1. The Morgan fingerprint density at radius 2 is 1.50 bits per heavy atom. The fraction of sp³-hybridized carbons (Fsp3) is 0.286. The highest BCUT2D eigenvalue weighted by Crippen LogP contribution is 2.43. The van der Waals surface area contributed by atoms with Crippen LogP contribution in [0.25, 0.3) is 0 Å². The molecular formula is C28H29NO3. The van der Waals surface area contributed by atoms with Gasteiger partial charge in [-0.1, -0.05) is 75.4 Å². The Bertz CT molecular complexity index is 1160. The largest absolute Gasteiger partial charge is 0.373 e. The first-order chi connectivity index (χ1) is 15.2. The highest BCUT2D eigenvalue weighted by atomic mass is 16.3. The van der Waals surface area contributed by atoms with Crippen LogP contribution in [0.1, 0.15) is 70.2 Å². The molecule has 1 aliphatic rings. The summed E-state index contributed by atoms with van der Waals surface area (Å²) in [5.74, 6) is -0.439. The second-order valence-corrected chi connectivity index (χ2v) is 9.45. The molecule has 1 amide bonds. The van der Waals surface area contributed by atoms with Crippen molar-refractivity contribution >= 4 is 17.4 Å². The number of aryl methyl sites for hydroxylation is 1. The van der Waals surface area contributed by atoms with Gasteiger partial charge in [-0.15, -0.1) is 0 Å². The third-order valence-electron chi connectivity index (χ3n) is 6.11. The number of hydrogen-bond acceptors (Lipinski definition) is 3. The molecule has 1 unspecified atom stereocenters. The second kappa shape index (κ2) is 8.36. The van der Waals surface area contributed by atoms with Crippen molar-refractivity contribution in [3.05, 3.63) is 100 Å². The number of fused-ring (bicyclic) bond motifs is 1. The van der Waals surface area contributed by atoms with E-state index in [9.17, 15) is 14.7 Å². The van der Waals surface area contributed by atoms with E-state index in [0.29, 0.717) is 35.2 Å². The van der Waals surface area contributed by atoms with Crippen LogP contribution in [0.4, 0.5) is 5.69 Å². The van der Waals surface area contributed by atoms with E-state index in [-0.39, 0.29) is 17.1 Å². The molecular weight excluding hydrogens is 398 g/mol. The number of ketones is 1. The van der Waals surface area contributed by atoms with Gasteiger partial charge in [-0.2, -0.15) is 0 Å². The molecule has 0 aliphatic carbocycles. The highest BCUT2D eigenvalue weighted by Gasteiger charge is 2.37. The quantitative estimate of drug-likeness (QED) is 0.567. The number of aliphatic hydroxyl groups excluding tert-OH is 1. The predicted octanol–water partition coefficient (Wildman–Crippen LogP) is 5.43. The molecule has 1 aliphatic heterocycles. The summed E-state index contributed by atoms with van der Waals surface area (Å²) in [5, 5.41) is 11.0. The molecule has 1 atom stereocenters. The van der Waals surface area contributed by atoms with E-state index in [0.717, 1.165) is 16.7 Å². The van der Waals surface area contributed by atoms with Crippen LogP contribution < -0.4 is 4.90 Å². The number of rotatable bonds is 3. The number of anilines is 1. The van der Waals surface area contributed by atoms with Crippen LogP contribution in [0.15, 0.2) is 66.7 Å². The van der Waals surface area contributed by atoms with Crippen molar-refractivity contribution in [2.24, 2.45) is 0 Å².